The molecule has 1 aliphatic rings. The lowest BCUT2D eigenvalue weighted by Gasteiger charge is -2.41. The minimum Gasteiger partial charge on any atom is -0.481 e. The molecule has 0 saturated heterocycles. The van der Waals surface area contributed by atoms with Gasteiger partial charge in [-0.1, -0.05) is 44.5 Å². The quantitative estimate of drug-likeness (QED) is 0.573. The molecule has 166 valence electrons. The largest absolute Gasteiger partial charge is 0.481 e. The molecular formula is C23H33ClN2O4. The number of hydrogen-bond acceptors (Lipinski definition) is 3. The number of aryl methyl sites for hydroxylation is 1. The van der Waals surface area contributed by atoms with E-state index in [4.69, 9.17) is 21.4 Å². The van der Waals surface area contributed by atoms with Gasteiger partial charge >= 0.3 is 12.0 Å². The van der Waals surface area contributed by atoms with Crippen molar-refractivity contribution >= 4 is 23.6 Å². The van der Waals surface area contributed by atoms with Crippen molar-refractivity contribution in [1.82, 2.24) is 10.2 Å². The van der Waals surface area contributed by atoms with Gasteiger partial charge in [0.15, 0.2) is 0 Å². The van der Waals surface area contributed by atoms with Gasteiger partial charge in [0.25, 0.3) is 0 Å². The van der Waals surface area contributed by atoms with Gasteiger partial charge < -0.3 is 20.1 Å². The molecule has 0 aliphatic carbocycles. The summed E-state index contributed by atoms with van der Waals surface area (Å²) in [5, 5.41) is 12.7. The third-order valence-electron chi connectivity index (χ3n) is 5.49. The third kappa shape index (κ3) is 6.22. The molecule has 0 fully saturated rings. The Morgan fingerprint density at radius 1 is 1.30 bits per heavy atom. The molecule has 0 radical (unpaired) electrons. The Bertz CT molecular complexity index is 816. The molecule has 30 heavy (non-hydrogen) atoms. The van der Waals surface area contributed by atoms with Gasteiger partial charge in [-0.3, -0.25) is 4.79 Å². The van der Waals surface area contributed by atoms with E-state index in [-0.39, 0.29) is 24.4 Å². The molecule has 0 spiro atoms. The number of carboxylic acids is 1. The van der Waals surface area contributed by atoms with Gasteiger partial charge in [-0.15, -0.1) is 0 Å². The van der Waals surface area contributed by atoms with Crippen molar-refractivity contribution in [2.24, 2.45) is 5.41 Å². The molecular weight excluding hydrogens is 404 g/mol. The average molecular weight is 437 g/mol. The molecule has 1 aliphatic heterocycles. The SMILES string of the molecule is COCCC1=CN(CCC(=O)O)C(=O)N[C@@]1(C)c1ccc(CCC(C)(C)C)c(Cl)c1. The van der Waals surface area contributed by atoms with Crippen molar-refractivity contribution < 1.29 is 19.4 Å². The zero-order valence-electron chi connectivity index (χ0n) is 18.5. The van der Waals surface area contributed by atoms with Crippen LogP contribution in [0, 0.1) is 5.41 Å². The highest BCUT2D eigenvalue weighted by Crippen LogP contribution is 2.37. The van der Waals surface area contributed by atoms with Crippen LogP contribution in [-0.4, -0.2) is 42.3 Å². The molecule has 6 nitrogen and oxygen atoms in total. The summed E-state index contributed by atoms with van der Waals surface area (Å²) in [5.74, 6) is -0.944. The van der Waals surface area contributed by atoms with E-state index in [1.807, 2.05) is 25.1 Å². The Labute approximate surface area is 184 Å². The standard InChI is InChI=1S/C23H33ClN2O4/c1-22(2,3)11-8-16-6-7-17(14-19(16)24)23(4)18(10-13-30-5)15-26(21(29)25-23)12-9-20(27)28/h6-7,14-15H,8-13H2,1-5H3,(H,25,29)(H,27,28)/t23-/m0/s1. The molecule has 0 saturated carbocycles. The Balaban J connectivity index is 2.34. The van der Waals surface area contributed by atoms with E-state index in [2.05, 4.69) is 26.1 Å². The zero-order valence-corrected chi connectivity index (χ0v) is 19.3. The van der Waals surface area contributed by atoms with E-state index < -0.39 is 11.5 Å². The van der Waals surface area contributed by atoms with Crippen LogP contribution in [0.1, 0.15) is 58.1 Å². The minimum absolute atomic E-state index is 0.111. The Hall–Kier alpha value is -2.05. The second kappa shape index (κ2) is 9.84. The second-order valence-corrected chi connectivity index (χ2v) is 9.56. The van der Waals surface area contributed by atoms with E-state index in [1.165, 1.54) is 4.90 Å². The fourth-order valence-electron chi connectivity index (χ4n) is 3.48. The molecule has 0 unspecified atom stereocenters. The smallest absolute Gasteiger partial charge is 0.322 e. The first kappa shape index (κ1) is 24.2. The van der Waals surface area contributed by atoms with E-state index in [1.54, 1.807) is 13.3 Å². The van der Waals surface area contributed by atoms with Gasteiger partial charge in [0.1, 0.15) is 0 Å². The van der Waals surface area contributed by atoms with Crippen LogP contribution < -0.4 is 5.32 Å². The number of halogens is 1. The topological polar surface area (TPSA) is 78.9 Å². The number of nitrogens with one attached hydrogen (secondary N) is 1. The van der Waals surface area contributed by atoms with Crippen LogP contribution in [0.5, 0.6) is 0 Å². The average Bonchev–Trinajstić information content (AvgIpc) is 2.64. The number of amides is 2. The molecule has 1 aromatic rings. The van der Waals surface area contributed by atoms with Crippen LogP contribution >= 0.6 is 11.6 Å². The van der Waals surface area contributed by atoms with Crippen molar-refractivity contribution in [1.29, 1.82) is 0 Å². The van der Waals surface area contributed by atoms with Crippen LogP contribution in [0.25, 0.3) is 0 Å². The molecule has 2 N–H and O–H groups in total. The number of methoxy groups -OCH3 is 1. The van der Waals surface area contributed by atoms with Crippen molar-refractivity contribution in [3.05, 3.63) is 46.1 Å². The summed E-state index contributed by atoms with van der Waals surface area (Å²) < 4.78 is 5.25. The number of rotatable bonds is 9. The van der Waals surface area contributed by atoms with Crippen LogP contribution in [0.15, 0.2) is 30.0 Å². The molecule has 1 atom stereocenters. The number of nitrogens with zero attached hydrogens (tertiary/aromatic N) is 1. The maximum Gasteiger partial charge on any atom is 0.322 e. The monoisotopic (exact) mass is 436 g/mol. The summed E-state index contributed by atoms with van der Waals surface area (Å²) in [4.78, 5) is 25.0. The number of urea groups is 1. The zero-order chi connectivity index (χ0) is 22.5. The molecule has 1 heterocycles. The molecule has 2 rings (SSSR count). The van der Waals surface area contributed by atoms with Crippen LogP contribution in [0.4, 0.5) is 4.79 Å². The fraction of sp³-hybridized carbons (Fsp3) is 0.565. The number of carboxylic acid groups (broad SMARTS) is 1. The van der Waals surface area contributed by atoms with Gasteiger partial charge in [-0.25, -0.2) is 4.79 Å². The van der Waals surface area contributed by atoms with Gasteiger partial charge in [0, 0.05) is 24.9 Å². The fourth-order valence-corrected chi connectivity index (χ4v) is 3.75. The lowest BCUT2D eigenvalue weighted by atomic mass is 9.81. The number of ether oxygens (including phenoxy) is 1. The number of benzene rings is 1. The van der Waals surface area contributed by atoms with Gasteiger partial charge in [-0.05, 0) is 54.4 Å². The van der Waals surface area contributed by atoms with Gasteiger partial charge in [0.05, 0.1) is 18.6 Å². The Kier molecular flexibility index (Phi) is 7.94. The van der Waals surface area contributed by atoms with Gasteiger partial charge in [-0.2, -0.15) is 0 Å². The molecule has 1 aromatic carbocycles. The summed E-state index contributed by atoms with van der Waals surface area (Å²) in [6.45, 7) is 9.16. The number of aliphatic carboxylic acids is 1. The Morgan fingerprint density at radius 2 is 2.00 bits per heavy atom. The molecule has 7 heteroatoms. The number of carbonyl (C=O) groups excluding carboxylic acids is 1. The van der Waals surface area contributed by atoms with Gasteiger partial charge in [0.2, 0.25) is 0 Å². The van der Waals surface area contributed by atoms with E-state index in [9.17, 15) is 9.59 Å². The minimum atomic E-state index is -0.944. The van der Waals surface area contributed by atoms with Crippen LogP contribution in [0.3, 0.4) is 0 Å². The van der Waals surface area contributed by atoms with Crippen molar-refractivity contribution in [3.8, 4) is 0 Å². The highest BCUT2D eigenvalue weighted by molar-refractivity contribution is 6.31. The first-order chi connectivity index (χ1) is 14.0. The maximum absolute atomic E-state index is 12.7. The number of carbonyl (C=O) groups is 2. The summed E-state index contributed by atoms with van der Waals surface area (Å²) in [6.07, 6.45) is 4.15. The normalized spacial score (nSPS) is 19.5. The molecule has 2 amide bonds. The van der Waals surface area contributed by atoms with Crippen molar-refractivity contribution in [3.63, 3.8) is 0 Å². The second-order valence-electron chi connectivity index (χ2n) is 9.16. The van der Waals surface area contributed by atoms with Crippen molar-refractivity contribution in [2.45, 2.75) is 58.9 Å². The highest BCUT2D eigenvalue weighted by atomic mass is 35.5. The van der Waals surface area contributed by atoms with E-state index in [0.717, 1.165) is 29.5 Å². The summed E-state index contributed by atoms with van der Waals surface area (Å²) >= 11 is 6.61. The summed E-state index contributed by atoms with van der Waals surface area (Å²) in [6, 6.07) is 5.64. The lowest BCUT2D eigenvalue weighted by molar-refractivity contribution is -0.137. The molecule has 0 aromatic heterocycles. The predicted molar refractivity (Wildman–Crippen MR) is 119 cm³/mol. The molecule has 0 bridgehead atoms. The van der Waals surface area contributed by atoms with E-state index in [0.29, 0.717) is 18.1 Å². The highest BCUT2D eigenvalue weighted by Gasteiger charge is 2.38. The first-order valence-corrected chi connectivity index (χ1v) is 10.6. The first-order valence-electron chi connectivity index (χ1n) is 10.3. The predicted octanol–water partition coefficient (Wildman–Crippen LogP) is 4.95. The van der Waals surface area contributed by atoms with E-state index >= 15 is 0 Å². The summed E-state index contributed by atoms with van der Waals surface area (Å²) in [5.41, 5.74) is 2.39. The Morgan fingerprint density at radius 3 is 2.57 bits per heavy atom. The maximum atomic E-state index is 12.7. The lowest BCUT2D eigenvalue weighted by Crippen LogP contribution is -2.54. The number of hydrogen-bond donors (Lipinski definition) is 2. The van der Waals surface area contributed by atoms with Crippen LogP contribution in [0.2, 0.25) is 5.02 Å². The van der Waals surface area contributed by atoms with Crippen molar-refractivity contribution in [2.75, 3.05) is 20.3 Å². The summed E-state index contributed by atoms with van der Waals surface area (Å²) in [7, 11) is 1.63. The van der Waals surface area contributed by atoms with Crippen LogP contribution in [-0.2, 0) is 21.5 Å². The third-order valence-corrected chi connectivity index (χ3v) is 5.84.